The molecule has 12 heavy (non-hydrogen) atoms. The Hall–Kier alpha value is -0.970. The van der Waals surface area contributed by atoms with Crippen molar-refractivity contribution in [2.24, 2.45) is 5.73 Å². The van der Waals surface area contributed by atoms with Gasteiger partial charge in [0.05, 0.1) is 0 Å². The van der Waals surface area contributed by atoms with Crippen LogP contribution in [0.4, 0.5) is 0 Å². The van der Waals surface area contributed by atoms with Gasteiger partial charge < -0.3 is 11.1 Å². The lowest BCUT2D eigenvalue weighted by atomic mass is 10.2. The Labute approximate surface area is 76.6 Å². The van der Waals surface area contributed by atoms with Crippen molar-refractivity contribution in [3.05, 3.63) is 12.2 Å². The minimum atomic E-state index is -0.725. The second kappa shape index (κ2) is 4.82. The van der Waals surface area contributed by atoms with Crippen molar-refractivity contribution >= 4 is 24.4 Å². The fourth-order valence-electron chi connectivity index (χ4n) is 0.488. The molecule has 0 heterocycles. The van der Waals surface area contributed by atoms with Gasteiger partial charge in [-0.05, 0) is 6.92 Å². The average Bonchev–Trinajstić information content (AvgIpc) is 1.98. The lowest BCUT2D eigenvalue weighted by Gasteiger charge is -2.11. The molecule has 0 aliphatic rings. The van der Waals surface area contributed by atoms with Crippen LogP contribution in [0.2, 0.25) is 0 Å². The van der Waals surface area contributed by atoms with Crippen LogP contribution in [0.1, 0.15) is 6.92 Å². The molecule has 0 rings (SSSR count). The molecule has 0 radical (unpaired) electrons. The van der Waals surface area contributed by atoms with Crippen LogP contribution in [0.15, 0.2) is 12.2 Å². The molecular weight excluding hydrogens is 176 g/mol. The first-order chi connectivity index (χ1) is 5.49. The lowest BCUT2D eigenvalue weighted by Crippen LogP contribution is -2.45. The standard InChI is InChI=1S/C7H12N2O2S/c1-4(2)7(11)9-5(3-12)6(8)10/h5,12H,1,3H2,2H3,(H2,8,10)(H,9,11)/t5-/m0/s1. The predicted molar refractivity (Wildman–Crippen MR) is 49.8 cm³/mol. The van der Waals surface area contributed by atoms with Crippen LogP contribution in [-0.2, 0) is 9.59 Å². The number of amides is 2. The van der Waals surface area contributed by atoms with Gasteiger partial charge in [-0.25, -0.2) is 0 Å². The minimum absolute atomic E-state index is 0.189. The van der Waals surface area contributed by atoms with Crippen molar-refractivity contribution in [2.75, 3.05) is 5.75 Å². The van der Waals surface area contributed by atoms with Gasteiger partial charge in [0.15, 0.2) is 0 Å². The van der Waals surface area contributed by atoms with E-state index < -0.39 is 11.9 Å². The van der Waals surface area contributed by atoms with E-state index in [0.717, 1.165) is 0 Å². The van der Waals surface area contributed by atoms with Crippen molar-refractivity contribution in [2.45, 2.75) is 13.0 Å². The van der Waals surface area contributed by atoms with E-state index in [9.17, 15) is 9.59 Å². The second-order valence-electron chi connectivity index (χ2n) is 2.39. The Kier molecular flexibility index (Phi) is 4.43. The van der Waals surface area contributed by atoms with Crippen LogP contribution in [0.3, 0.4) is 0 Å². The van der Waals surface area contributed by atoms with Gasteiger partial charge in [0, 0.05) is 11.3 Å². The van der Waals surface area contributed by atoms with Crippen molar-refractivity contribution in [1.82, 2.24) is 5.32 Å². The third-order valence-electron chi connectivity index (χ3n) is 1.22. The summed E-state index contributed by atoms with van der Waals surface area (Å²) in [4.78, 5) is 21.6. The van der Waals surface area contributed by atoms with Crippen LogP contribution in [-0.4, -0.2) is 23.6 Å². The molecule has 0 aliphatic carbocycles. The second-order valence-corrected chi connectivity index (χ2v) is 2.76. The molecule has 4 nitrogen and oxygen atoms in total. The molecular formula is C7H12N2O2S. The number of carbonyl (C=O) groups excluding carboxylic acids is 2. The van der Waals surface area contributed by atoms with Gasteiger partial charge in [0.1, 0.15) is 6.04 Å². The largest absolute Gasteiger partial charge is 0.368 e. The summed E-state index contributed by atoms with van der Waals surface area (Å²) in [5, 5.41) is 2.38. The van der Waals surface area contributed by atoms with Crippen molar-refractivity contribution < 1.29 is 9.59 Å². The Morgan fingerprint density at radius 2 is 2.17 bits per heavy atom. The molecule has 0 aromatic carbocycles. The zero-order valence-electron chi connectivity index (χ0n) is 6.83. The summed E-state index contributed by atoms with van der Waals surface area (Å²) >= 11 is 3.85. The molecule has 0 bridgehead atoms. The number of hydrogen-bond acceptors (Lipinski definition) is 3. The SMILES string of the molecule is C=C(C)C(=O)N[C@@H](CS)C(N)=O. The highest BCUT2D eigenvalue weighted by molar-refractivity contribution is 7.80. The monoisotopic (exact) mass is 188 g/mol. The Bertz CT molecular complexity index is 215. The Morgan fingerprint density at radius 3 is 2.42 bits per heavy atom. The van der Waals surface area contributed by atoms with Crippen molar-refractivity contribution in [1.29, 1.82) is 0 Å². The third kappa shape index (κ3) is 3.43. The fraction of sp³-hybridized carbons (Fsp3) is 0.429. The summed E-state index contributed by atoms with van der Waals surface area (Å²) in [6.07, 6.45) is 0. The maximum Gasteiger partial charge on any atom is 0.246 e. The van der Waals surface area contributed by atoms with E-state index in [1.165, 1.54) is 0 Å². The number of thiol groups is 1. The van der Waals surface area contributed by atoms with E-state index in [0.29, 0.717) is 5.57 Å². The van der Waals surface area contributed by atoms with Crippen LogP contribution < -0.4 is 11.1 Å². The topological polar surface area (TPSA) is 72.2 Å². The molecule has 0 spiro atoms. The zero-order valence-corrected chi connectivity index (χ0v) is 7.73. The molecule has 0 saturated carbocycles. The quantitative estimate of drug-likeness (QED) is 0.409. The van der Waals surface area contributed by atoms with E-state index in [-0.39, 0.29) is 11.7 Å². The van der Waals surface area contributed by atoms with Crippen LogP contribution >= 0.6 is 12.6 Å². The Balaban J connectivity index is 4.12. The maximum atomic E-state index is 11.0. The number of rotatable bonds is 4. The molecule has 5 heteroatoms. The van der Waals surface area contributed by atoms with Crippen molar-refractivity contribution in [3.63, 3.8) is 0 Å². The summed E-state index contributed by atoms with van der Waals surface area (Å²) in [7, 11) is 0. The average molecular weight is 188 g/mol. The van der Waals surface area contributed by atoms with E-state index >= 15 is 0 Å². The van der Waals surface area contributed by atoms with Crippen LogP contribution in [0.5, 0.6) is 0 Å². The first kappa shape index (κ1) is 11.0. The zero-order chi connectivity index (χ0) is 9.72. The number of hydrogen-bond donors (Lipinski definition) is 3. The summed E-state index contributed by atoms with van der Waals surface area (Å²) in [6, 6.07) is -0.725. The first-order valence-corrected chi connectivity index (χ1v) is 3.98. The molecule has 0 aromatic heterocycles. The van der Waals surface area contributed by atoms with Gasteiger partial charge >= 0.3 is 0 Å². The molecule has 0 aromatic rings. The van der Waals surface area contributed by atoms with Gasteiger partial charge in [-0.15, -0.1) is 0 Å². The van der Waals surface area contributed by atoms with E-state index in [2.05, 4.69) is 24.5 Å². The molecule has 0 aliphatic heterocycles. The summed E-state index contributed by atoms with van der Waals surface area (Å²) in [5.74, 6) is -0.790. The number of primary amides is 1. The van der Waals surface area contributed by atoms with Crippen LogP contribution in [0, 0.1) is 0 Å². The van der Waals surface area contributed by atoms with Gasteiger partial charge in [-0.2, -0.15) is 12.6 Å². The molecule has 0 saturated heterocycles. The maximum absolute atomic E-state index is 11.0. The molecule has 0 unspecified atom stereocenters. The smallest absolute Gasteiger partial charge is 0.246 e. The number of nitrogens with two attached hydrogens (primary N) is 1. The number of carbonyl (C=O) groups is 2. The molecule has 68 valence electrons. The van der Waals surface area contributed by atoms with Gasteiger partial charge in [-0.1, -0.05) is 6.58 Å². The Morgan fingerprint density at radius 1 is 1.67 bits per heavy atom. The highest BCUT2D eigenvalue weighted by Crippen LogP contribution is 1.91. The summed E-state index contributed by atoms with van der Waals surface area (Å²) < 4.78 is 0. The first-order valence-electron chi connectivity index (χ1n) is 3.35. The predicted octanol–water partition coefficient (Wildman–Crippen LogP) is -0.538. The molecule has 1 atom stereocenters. The minimum Gasteiger partial charge on any atom is -0.368 e. The summed E-state index contributed by atoms with van der Waals surface area (Å²) in [5.41, 5.74) is 5.30. The number of nitrogens with one attached hydrogen (secondary N) is 1. The van der Waals surface area contributed by atoms with Crippen LogP contribution in [0.25, 0.3) is 0 Å². The van der Waals surface area contributed by atoms with Crippen molar-refractivity contribution in [3.8, 4) is 0 Å². The van der Waals surface area contributed by atoms with Gasteiger partial charge in [0.25, 0.3) is 0 Å². The molecule has 2 amide bonds. The highest BCUT2D eigenvalue weighted by atomic mass is 32.1. The fourth-order valence-corrected chi connectivity index (χ4v) is 0.759. The molecule has 0 fully saturated rings. The normalized spacial score (nSPS) is 11.8. The van der Waals surface area contributed by atoms with Gasteiger partial charge in [0.2, 0.25) is 11.8 Å². The highest BCUT2D eigenvalue weighted by Gasteiger charge is 2.15. The third-order valence-corrected chi connectivity index (χ3v) is 1.58. The van der Waals surface area contributed by atoms with Gasteiger partial charge in [-0.3, -0.25) is 9.59 Å². The van der Waals surface area contributed by atoms with E-state index in [4.69, 9.17) is 5.73 Å². The van der Waals surface area contributed by atoms with E-state index in [1.54, 1.807) is 6.92 Å². The molecule has 3 N–H and O–H groups in total. The summed E-state index contributed by atoms with van der Waals surface area (Å²) in [6.45, 7) is 4.96. The van der Waals surface area contributed by atoms with E-state index in [1.807, 2.05) is 0 Å². The lowest BCUT2D eigenvalue weighted by molar-refractivity contribution is -0.124.